The van der Waals surface area contributed by atoms with Crippen LogP contribution in [0.15, 0.2) is 0 Å². The summed E-state index contributed by atoms with van der Waals surface area (Å²) < 4.78 is 42.6. The maximum absolute atomic E-state index is 12.5. The third kappa shape index (κ3) is 8.08. The van der Waals surface area contributed by atoms with Gasteiger partial charge in [0.1, 0.15) is 6.54 Å². The number of hydrogen-bond donors (Lipinski definition) is 0. The Balaban J connectivity index is 4.51. The van der Waals surface area contributed by atoms with Gasteiger partial charge in [0, 0.05) is 25.7 Å². The van der Waals surface area contributed by atoms with Gasteiger partial charge in [-0.2, -0.15) is 13.2 Å². The van der Waals surface area contributed by atoms with Crippen LogP contribution >= 0.6 is 0 Å². The molecule has 6 heteroatoms. The molecule has 1 amide bonds. The Labute approximate surface area is 113 Å². The molecule has 0 radical (unpaired) electrons. The minimum Gasteiger partial charge on any atom is -0.382 e. The first-order chi connectivity index (χ1) is 8.69. The zero-order valence-electron chi connectivity index (χ0n) is 12.1. The molecule has 0 aliphatic carbocycles. The third-order valence-electron chi connectivity index (χ3n) is 3.01. The summed E-state index contributed by atoms with van der Waals surface area (Å²) in [7, 11) is 0. The molecule has 0 saturated heterocycles. The highest BCUT2D eigenvalue weighted by molar-refractivity contribution is 5.76. The lowest BCUT2D eigenvalue weighted by Crippen LogP contribution is -2.46. The standard InChI is InChI=1S/C13H24F3NO2/c1-5-19-8-6-7-12(18)17(9-13(14,15)16)11(4)10(2)3/h10-11H,5-9H2,1-4H3. The van der Waals surface area contributed by atoms with E-state index in [1.807, 2.05) is 20.8 Å². The first-order valence-corrected chi connectivity index (χ1v) is 6.63. The van der Waals surface area contributed by atoms with E-state index in [-0.39, 0.29) is 12.3 Å². The van der Waals surface area contributed by atoms with Crippen molar-refractivity contribution in [2.45, 2.75) is 52.8 Å². The van der Waals surface area contributed by atoms with Crippen LogP contribution in [0.1, 0.15) is 40.5 Å². The molecule has 3 nitrogen and oxygen atoms in total. The van der Waals surface area contributed by atoms with E-state index in [1.54, 1.807) is 6.92 Å². The SMILES string of the molecule is CCOCCCC(=O)N(CC(F)(F)F)C(C)C(C)C. The van der Waals surface area contributed by atoms with Gasteiger partial charge >= 0.3 is 6.18 Å². The number of alkyl halides is 3. The normalized spacial score (nSPS) is 13.7. The fourth-order valence-corrected chi connectivity index (χ4v) is 1.63. The number of carbonyl (C=O) groups is 1. The van der Waals surface area contributed by atoms with Crippen molar-refractivity contribution < 1.29 is 22.7 Å². The molecule has 19 heavy (non-hydrogen) atoms. The van der Waals surface area contributed by atoms with E-state index in [0.717, 1.165) is 4.90 Å². The first kappa shape index (κ1) is 18.2. The van der Waals surface area contributed by atoms with E-state index in [4.69, 9.17) is 4.74 Å². The van der Waals surface area contributed by atoms with Crippen LogP contribution in [0.5, 0.6) is 0 Å². The minimum absolute atomic E-state index is 0.0156. The summed E-state index contributed by atoms with van der Waals surface area (Å²) in [5, 5.41) is 0. The maximum Gasteiger partial charge on any atom is 0.406 e. The summed E-state index contributed by atoms with van der Waals surface area (Å²) in [6.45, 7) is 6.86. The van der Waals surface area contributed by atoms with E-state index in [2.05, 4.69) is 0 Å². The maximum atomic E-state index is 12.5. The Bertz CT molecular complexity index is 267. The van der Waals surface area contributed by atoms with E-state index in [0.29, 0.717) is 19.6 Å². The van der Waals surface area contributed by atoms with Gasteiger partial charge < -0.3 is 9.64 Å². The average molecular weight is 283 g/mol. The van der Waals surface area contributed by atoms with Crippen molar-refractivity contribution in [3.63, 3.8) is 0 Å². The lowest BCUT2D eigenvalue weighted by molar-refractivity contribution is -0.167. The van der Waals surface area contributed by atoms with Gasteiger partial charge in [-0.05, 0) is 26.2 Å². The molecule has 0 saturated carbocycles. The molecule has 0 aromatic carbocycles. The summed E-state index contributed by atoms with van der Waals surface area (Å²) in [6, 6.07) is -0.429. The van der Waals surface area contributed by atoms with Gasteiger partial charge in [-0.3, -0.25) is 4.79 Å². The molecule has 0 heterocycles. The van der Waals surface area contributed by atoms with Gasteiger partial charge in [0.05, 0.1) is 0 Å². The second-order valence-electron chi connectivity index (χ2n) is 4.92. The van der Waals surface area contributed by atoms with Crippen LogP contribution in [0, 0.1) is 5.92 Å². The predicted octanol–water partition coefficient (Wildman–Crippen LogP) is 3.24. The van der Waals surface area contributed by atoms with Crippen molar-refractivity contribution in [2.24, 2.45) is 5.92 Å². The molecule has 114 valence electrons. The Morgan fingerprint density at radius 3 is 2.26 bits per heavy atom. The summed E-state index contributed by atoms with van der Waals surface area (Å²) in [6.07, 6.45) is -3.82. The second-order valence-corrected chi connectivity index (χ2v) is 4.92. The largest absolute Gasteiger partial charge is 0.406 e. The van der Waals surface area contributed by atoms with Gasteiger partial charge in [0.15, 0.2) is 0 Å². The smallest absolute Gasteiger partial charge is 0.382 e. The third-order valence-corrected chi connectivity index (χ3v) is 3.01. The van der Waals surface area contributed by atoms with Crippen molar-refractivity contribution in [3.05, 3.63) is 0 Å². The number of amides is 1. The van der Waals surface area contributed by atoms with Gasteiger partial charge in [-0.15, -0.1) is 0 Å². The molecule has 0 fully saturated rings. The number of ether oxygens (including phenoxy) is 1. The monoisotopic (exact) mass is 283 g/mol. The topological polar surface area (TPSA) is 29.5 Å². The lowest BCUT2D eigenvalue weighted by atomic mass is 10.0. The van der Waals surface area contributed by atoms with E-state index >= 15 is 0 Å². The Kier molecular flexibility index (Phi) is 8.06. The predicted molar refractivity (Wildman–Crippen MR) is 67.8 cm³/mol. The van der Waals surface area contributed by atoms with Crippen molar-refractivity contribution in [1.82, 2.24) is 4.90 Å². The highest BCUT2D eigenvalue weighted by Gasteiger charge is 2.35. The molecule has 1 atom stereocenters. The van der Waals surface area contributed by atoms with Gasteiger partial charge in [-0.1, -0.05) is 13.8 Å². The summed E-state index contributed by atoms with van der Waals surface area (Å²) in [5.41, 5.74) is 0. The van der Waals surface area contributed by atoms with E-state index in [9.17, 15) is 18.0 Å². The minimum atomic E-state index is -4.36. The van der Waals surface area contributed by atoms with Crippen LogP contribution in [0.4, 0.5) is 13.2 Å². The van der Waals surface area contributed by atoms with Crippen molar-refractivity contribution >= 4 is 5.91 Å². The molecule has 0 aliphatic rings. The first-order valence-electron chi connectivity index (χ1n) is 6.63. The van der Waals surface area contributed by atoms with Crippen LogP contribution in [0.2, 0.25) is 0 Å². The summed E-state index contributed by atoms with van der Waals surface area (Å²) in [4.78, 5) is 12.8. The van der Waals surface area contributed by atoms with E-state index < -0.39 is 24.7 Å². The van der Waals surface area contributed by atoms with Crippen molar-refractivity contribution in [3.8, 4) is 0 Å². The van der Waals surface area contributed by atoms with Gasteiger partial charge in [-0.25, -0.2) is 0 Å². The lowest BCUT2D eigenvalue weighted by Gasteiger charge is -2.32. The molecular weight excluding hydrogens is 259 g/mol. The summed E-state index contributed by atoms with van der Waals surface area (Å²) >= 11 is 0. The number of carbonyl (C=O) groups excluding carboxylic acids is 1. The van der Waals surface area contributed by atoms with Gasteiger partial charge in [0.2, 0.25) is 5.91 Å². The highest BCUT2D eigenvalue weighted by atomic mass is 19.4. The Hall–Kier alpha value is -0.780. The van der Waals surface area contributed by atoms with E-state index in [1.165, 1.54) is 0 Å². The quantitative estimate of drug-likeness (QED) is 0.640. The number of nitrogens with zero attached hydrogens (tertiary/aromatic N) is 1. The fraction of sp³-hybridized carbons (Fsp3) is 0.923. The molecule has 0 rings (SSSR count). The summed E-state index contributed by atoms with van der Waals surface area (Å²) in [5.74, 6) is -0.476. The molecular formula is C13H24F3NO2. The van der Waals surface area contributed by atoms with Crippen molar-refractivity contribution in [1.29, 1.82) is 0 Å². The van der Waals surface area contributed by atoms with Crippen LogP contribution in [0.25, 0.3) is 0 Å². The number of rotatable bonds is 8. The average Bonchev–Trinajstić information content (AvgIpc) is 2.29. The molecule has 0 N–H and O–H groups in total. The van der Waals surface area contributed by atoms with Crippen LogP contribution in [-0.4, -0.2) is 42.8 Å². The zero-order chi connectivity index (χ0) is 15.1. The second kappa shape index (κ2) is 8.40. The Morgan fingerprint density at radius 1 is 1.26 bits per heavy atom. The molecule has 0 bridgehead atoms. The fourth-order valence-electron chi connectivity index (χ4n) is 1.63. The molecule has 0 aromatic rings. The van der Waals surface area contributed by atoms with Crippen LogP contribution in [0.3, 0.4) is 0 Å². The molecule has 0 aromatic heterocycles. The molecule has 0 aliphatic heterocycles. The number of halogens is 3. The van der Waals surface area contributed by atoms with Crippen LogP contribution in [-0.2, 0) is 9.53 Å². The molecule has 0 spiro atoms. The number of hydrogen-bond acceptors (Lipinski definition) is 2. The highest BCUT2D eigenvalue weighted by Crippen LogP contribution is 2.21. The zero-order valence-corrected chi connectivity index (χ0v) is 12.1. The van der Waals surface area contributed by atoms with Gasteiger partial charge in [0.25, 0.3) is 0 Å². The molecule has 1 unspecified atom stereocenters. The van der Waals surface area contributed by atoms with Crippen molar-refractivity contribution in [2.75, 3.05) is 19.8 Å². The van der Waals surface area contributed by atoms with Crippen LogP contribution < -0.4 is 0 Å². The Morgan fingerprint density at radius 2 is 1.84 bits per heavy atom.